The van der Waals surface area contributed by atoms with Crippen molar-refractivity contribution in [3.63, 3.8) is 0 Å². The summed E-state index contributed by atoms with van der Waals surface area (Å²) in [4.78, 5) is 2.06. The van der Waals surface area contributed by atoms with E-state index in [0.717, 1.165) is 9.80 Å². The molecule has 1 aromatic carbocycles. The van der Waals surface area contributed by atoms with Crippen LogP contribution in [-0.4, -0.2) is 30.8 Å². The van der Waals surface area contributed by atoms with Gasteiger partial charge in [0.15, 0.2) is 0 Å². The summed E-state index contributed by atoms with van der Waals surface area (Å²) < 4.78 is 12.3. The molecule has 1 aromatic rings. The third-order valence-electron chi connectivity index (χ3n) is 2.18. The fourth-order valence-corrected chi connectivity index (χ4v) is 2.76. The standard InChI is InChI=1S/C12H17NOS2/c1-13(2)11-7-5-10(6-8-11)9-12(15-3)16(4)14/h5-9H,1-4H3/b12-9+. The summed E-state index contributed by atoms with van der Waals surface area (Å²) >= 11 is 1.53. The van der Waals surface area contributed by atoms with Gasteiger partial charge in [0.1, 0.15) is 0 Å². The normalized spacial score (nSPS) is 13.6. The molecule has 1 unspecified atom stereocenters. The molecule has 1 rings (SSSR count). The minimum atomic E-state index is -0.904. The van der Waals surface area contributed by atoms with Crippen molar-refractivity contribution in [2.75, 3.05) is 31.5 Å². The molecular weight excluding hydrogens is 238 g/mol. The topological polar surface area (TPSA) is 20.3 Å². The molecule has 0 radical (unpaired) electrons. The lowest BCUT2D eigenvalue weighted by Crippen LogP contribution is -2.07. The monoisotopic (exact) mass is 255 g/mol. The molecule has 0 aromatic heterocycles. The molecule has 0 saturated heterocycles. The first kappa shape index (κ1) is 13.3. The number of hydrogen-bond donors (Lipinski definition) is 0. The van der Waals surface area contributed by atoms with Gasteiger partial charge in [-0.05, 0) is 30.0 Å². The van der Waals surface area contributed by atoms with Crippen molar-refractivity contribution in [3.05, 3.63) is 34.1 Å². The van der Waals surface area contributed by atoms with Gasteiger partial charge in [0, 0.05) is 26.0 Å². The number of hydrogen-bond acceptors (Lipinski definition) is 3. The molecule has 88 valence electrons. The summed E-state index contributed by atoms with van der Waals surface area (Å²) in [6.45, 7) is 0. The first-order valence-electron chi connectivity index (χ1n) is 4.91. The highest BCUT2D eigenvalue weighted by Crippen LogP contribution is 2.20. The van der Waals surface area contributed by atoms with Crippen molar-refractivity contribution in [3.8, 4) is 0 Å². The van der Waals surface area contributed by atoms with E-state index in [9.17, 15) is 4.21 Å². The van der Waals surface area contributed by atoms with Crippen LogP contribution >= 0.6 is 11.8 Å². The molecular formula is C12H17NOS2. The molecule has 0 aliphatic heterocycles. The molecule has 2 nitrogen and oxygen atoms in total. The molecule has 0 saturated carbocycles. The largest absolute Gasteiger partial charge is 0.378 e. The number of thioether (sulfide) groups is 1. The molecule has 0 bridgehead atoms. The lowest BCUT2D eigenvalue weighted by molar-refractivity contribution is 0.691. The van der Waals surface area contributed by atoms with Crippen molar-refractivity contribution in [1.82, 2.24) is 0 Å². The van der Waals surface area contributed by atoms with Crippen LogP contribution < -0.4 is 4.90 Å². The second-order valence-electron chi connectivity index (χ2n) is 3.61. The van der Waals surface area contributed by atoms with Crippen molar-refractivity contribution in [1.29, 1.82) is 0 Å². The number of benzene rings is 1. The quantitative estimate of drug-likeness (QED) is 0.825. The van der Waals surface area contributed by atoms with E-state index < -0.39 is 10.8 Å². The van der Waals surface area contributed by atoms with Crippen LogP contribution in [0.2, 0.25) is 0 Å². The van der Waals surface area contributed by atoms with Gasteiger partial charge in [-0.3, -0.25) is 4.21 Å². The lowest BCUT2D eigenvalue weighted by Gasteiger charge is -2.12. The Bertz CT molecular complexity index is 396. The molecule has 0 amide bonds. The molecule has 16 heavy (non-hydrogen) atoms. The van der Waals surface area contributed by atoms with Crippen LogP contribution in [0.4, 0.5) is 5.69 Å². The first-order chi connectivity index (χ1) is 7.54. The Labute approximate surface area is 104 Å². The number of rotatable bonds is 4. The summed E-state index contributed by atoms with van der Waals surface area (Å²) in [6.07, 6.45) is 5.62. The van der Waals surface area contributed by atoms with Crippen LogP contribution in [0.3, 0.4) is 0 Å². The van der Waals surface area contributed by atoms with Gasteiger partial charge < -0.3 is 4.90 Å². The first-order valence-corrected chi connectivity index (χ1v) is 7.69. The summed E-state index contributed by atoms with van der Waals surface area (Å²) in [5.41, 5.74) is 2.26. The van der Waals surface area contributed by atoms with Gasteiger partial charge in [-0.2, -0.15) is 0 Å². The minimum absolute atomic E-state index is 0.901. The molecule has 0 aliphatic rings. The molecule has 0 heterocycles. The van der Waals surface area contributed by atoms with Gasteiger partial charge in [-0.15, -0.1) is 11.8 Å². The van der Waals surface area contributed by atoms with Crippen LogP contribution in [0, 0.1) is 0 Å². The van der Waals surface area contributed by atoms with Gasteiger partial charge >= 0.3 is 0 Å². The number of anilines is 1. The zero-order valence-electron chi connectivity index (χ0n) is 10.1. The molecule has 4 heteroatoms. The van der Waals surface area contributed by atoms with E-state index in [2.05, 4.69) is 17.0 Å². The predicted octanol–water partition coefficient (Wildman–Crippen LogP) is 2.79. The third-order valence-corrected chi connectivity index (χ3v) is 4.59. The Kier molecular flexibility index (Phi) is 5.09. The Morgan fingerprint density at radius 2 is 1.88 bits per heavy atom. The lowest BCUT2D eigenvalue weighted by atomic mass is 10.2. The van der Waals surface area contributed by atoms with E-state index in [1.807, 2.05) is 38.6 Å². The fourth-order valence-electron chi connectivity index (χ4n) is 1.26. The van der Waals surface area contributed by atoms with E-state index in [-0.39, 0.29) is 0 Å². The highest BCUT2D eigenvalue weighted by Gasteiger charge is 2.00. The SMILES string of the molecule is CS/C(=C\c1ccc(N(C)C)cc1)S(C)=O. The van der Waals surface area contributed by atoms with Crippen molar-refractivity contribution in [2.45, 2.75) is 0 Å². The molecule has 0 aliphatic carbocycles. The zero-order chi connectivity index (χ0) is 12.1. The number of nitrogens with zero attached hydrogens (tertiary/aromatic N) is 1. The fraction of sp³-hybridized carbons (Fsp3) is 0.333. The van der Waals surface area contributed by atoms with Gasteiger partial charge in [0.2, 0.25) is 0 Å². The maximum Gasteiger partial charge on any atom is 0.0716 e. The van der Waals surface area contributed by atoms with Gasteiger partial charge in [-0.1, -0.05) is 12.1 Å². The third kappa shape index (κ3) is 3.68. The highest BCUT2D eigenvalue weighted by molar-refractivity contribution is 8.16. The van der Waals surface area contributed by atoms with E-state index in [0.29, 0.717) is 0 Å². The van der Waals surface area contributed by atoms with E-state index in [1.165, 1.54) is 17.4 Å². The van der Waals surface area contributed by atoms with Crippen molar-refractivity contribution >= 4 is 34.3 Å². The predicted molar refractivity (Wildman–Crippen MR) is 76.3 cm³/mol. The van der Waals surface area contributed by atoms with E-state index in [1.54, 1.807) is 6.26 Å². The van der Waals surface area contributed by atoms with E-state index in [4.69, 9.17) is 0 Å². The van der Waals surface area contributed by atoms with Crippen LogP contribution in [0.5, 0.6) is 0 Å². The average molecular weight is 255 g/mol. The van der Waals surface area contributed by atoms with Crippen molar-refractivity contribution in [2.24, 2.45) is 0 Å². The summed E-state index contributed by atoms with van der Waals surface area (Å²) in [5, 5.41) is 0. The van der Waals surface area contributed by atoms with Crippen molar-refractivity contribution < 1.29 is 4.21 Å². The Morgan fingerprint density at radius 3 is 2.25 bits per heavy atom. The Hall–Kier alpha value is -0.740. The second-order valence-corrected chi connectivity index (χ2v) is 6.06. The summed E-state index contributed by atoms with van der Waals surface area (Å²) in [5.74, 6) is 0. The maximum absolute atomic E-state index is 11.4. The van der Waals surface area contributed by atoms with Crippen LogP contribution in [0.25, 0.3) is 6.08 Å². The van der Waals surface area contributed by atoms with Gasteiger partial charge in [0.05, 0.1) is 15.0 Å². The molecule has 0 fully saturated rings. The Balaban J connectivity index is 2.94. The summed E-state index contributed by atoms with van der Waals surface area (Å²) in [6, 6.07) is 8.20. The van der Waals surface area contributed by atoms with Crippen LogP contribution in [0.15, 0.2) is 28.5 Å². The zero-order valence-corrected chi connectivity index (χ0v) is 11.7. The van der Waals surface area contributed by atoms with Gasteiger partial charge in [0.25, 0.3) is 0 Å². The molecule has 1 atom stereocenters. The average Bonchev–Trinajstić information content (AvgIpc) is 2.26. The molecule has 0 N–H and O–H groups in total. The van der Waals surface area contributed by atoms with Crippen LogP contribution in [0.1, 0.15) is 5.56 Å². The Morgan fingerprint density at radius 1 is 1.31 bits per heavy atom. The van der Waals surface area contributed by atoms with E-state index >= 15 is 0 Å². The molecule has 0 spiro atoms. The summed E-state index contributed by atoms with van der Waals surface area (Å²) in [7, 11) is 3.12. The smallest absolute Gasteiger partial charge is 0.0716 e. The second kappa shape index (κ2) is 6.11. The highest BCUT2D eigenvalue weighted by atomic mass is 32.2. The minimum Gasteiger partial charge on any atom is -0.378 e. The van der Waals surface area contributed by atoms with Gasteiger partial charge in [-0.25, -0.2) is 0 Å². The maximum atomic E-state index is 11.4. The van der Waals surface area contributed by atoms with Crippen LogP contribution in [-0.2, 0) is 10.8 Å².